The molecule has 1 aromatic heterocycles. The molecule has 2 rings (SSSR count). The first-order valence-electron chi connectivity index (χ1n) is 6.66. The van der Waals surface area contributed by atoms with Crippen LogP contribution in [0.4, 0.5) is 0 Å². The number of thioether (sulfide) groups is 1. The van der Waals surface area contributed by atoms with Crippen molar-refractivity contribution >= 4 is 29.2 Å². The van der Waals surface area contributed by atoms with Gasteiger partial charge in [0.05, 0.1) is 18.1 Å². The number of rotatable bonds is 7. The fraction of sp³-hybridized carbons (Fsp3) is 0.429. The van der Waals surface area contributed by atoms with Crippen molar-refractivity contribution in [1.29, 1.82) is 0 Å². The van der Waals surface area contributed by atoms with Gasteiger partial charge in [-0.3, -0.25) is 15.1 Å². The number of aliphatic imine (C=N–C) groups is 1. The normalized spacial score (nSPS) is 15.3. The molecule has 1 aliphatic rings. The van der Waals surface area contributed by atoms with E-state index in [-0.39, 0.29) is 4.92 Å². The van der Waals surface area contributed by atoms with Crippen LogP contribution in [0.25, 0.3) is 0 Å². The molecule has 1 unspecified atom stereocenters. The lowest BCUT2D eigenvalue weighted by Gasteiger charge is -2.22. The van der Waals surface area contributed by atoms with Crippen LogP contribution in [-0.4, -0.2) is 51.3 Å². The Hall–Kier alpha value is -1.78. The highest BCUT2D eigenvalue weighted by Gasteiger charge is 2.33. The van der Waals surface area contributed by atoms with E-state index in [1.54, 1.807) is 12.3 Å². The maximum Gasteiger partial charge on any atom is 0.278 e. The Morgan fingerprint density at radius 2 is 2.41 bits per heavy atom. The van der Waals surface area contributed by atoms with E-state index in [1.165, 1.54) is 11.8 Å². The van der Waals surface area contributed by atoms with E-state index in [0.717, 1.165) is 5.56 Å². The lowest BCUT2D eigenvalue weighted by Crippen LogP contribution is -2.41. The predicted octanol–water partition coefficient (Wildman–Crippen LogP) is 1.96. The summed E-state index contributed by atoms with van der Waals surface area (Å²) >= 11 is 7.14. The fourth-order valence-electron chi connectivity index (χ4n) is 2.16. The van der Waals surface area contributed by atoms with Crippen molar-refractivity contribution in [3.8, 4) is 12.3 Å². The van der Waals surface area contributed by atoms with Gasteiger partial charge in [-0.25, -0.2) is 4.98 Å². The minimum absolute atomic E-state index is 0.291. The largest absolute Gasteiger partial charge is 0.348 e. The van der Waals surface area contributed by atoms with Gasteiger partial charge in [-0.2, -0.15) is 0 Å². The molecule has 1 aliphatic heterocycles. The number of amidine groups is 1. The first kappa shape index (κ1) is 16.6. The Kier molecular flexibility index (Phi) is 6.04. The van der Waals surface area contributed by atoms with Crippen LogP contribution in [0, 0.1) is 22.5 Å². The number of hydrogen-bond acceptors (Lipinski definition) is 6. The standard InChI is InChI=1S/C14H15ClN4O2S/c1-2-7-22-10-12(19(20)21)14-16-5-6-18(14)9-11-3-4-13(15)17-8-11/h1,3-4,8,12H,5-7,9-10H2. The third-order valence-electron chi connectivity index (χ3n) is 3.14. The van der Waals surface area contributed by atoms with Crippen LogP contribution in [0.15, 0.2) is 23.3 Å². The number of halogens is 1. The molecule has 0 fully saturated rings. The summed E-state index contributed by atoms with van der Waals surface area (Å²) in [6.45, 7) is 1.77. The molecule has 0 saturated carbocycles. The van der Waals surface area contributed by atoms with E-state index in [2.05, 4.69) is 15.9 Å². The monoisotopic (exact) mass is 338 g/mol. The Labute approximate surface area is 138 Å². The molecular weight excluding hydrogens is 324 g/mol. The number of hydrogen-bond donors (Lipinski definition) is 0. The second-order valence-corrected chi connectivity index (χ2v) is 6.09. The number of aromatic nitrogens is 1. The van der Waals surface area contributed by atoms with E-state index in [4.69, 9.17) is 18.0 Å². The molecular formula is C14H15ClN4O2S. The van der Waals surface area contributed by atoms with Crippen molar-refractivity contribution in [3.05, 3.63) is 39.2 Å². The van der Waals surface area contributed by atoms with Crippen LogP contribution >= 0.6 is 23.4 Å². The molecule has 2 heterocycles. The van der Waals surface area contributed by atoms with Crippen molar-refractivity contribution in [2.75, 3.05) is 24.6 Å². The molecule has 0 bridgehead atoms. The third-order valence-corrected chi connectivity index (χ3v) is 4.29. The Balaban J connectivity index is 2.05. The van der Waals surface area contributed by atoms with Gasteiger partial charge in [0.1, 0.15) is 5.15 Å². The van der Waals surface area contributed by atoms with Crippen LogP contribution in [0.5, 0.6) is 0 Å². The maximum atomic E-state index is 11.3. The summed E-state index contributed by atoms with van der Waals surface area (Å²) in [5, 5.41) is 11.8. The average molecular weight is 339 g/mol. The number of pyridine rings is 1. The van der Waals surface area contributed by atoms with E-state index in [0.29, 0.717) is 42.1 Å². The molecule has 8 heteroatoms. The molecule has 0 aromatic carbocycles. The van der Waals surface area contributed by atoms with Crippen molar-refractivity contribution in [3.63, 3.8) is 0 Å². The Bertz CT molecular complexity index is 600. The summed E-state index contributed by atoms with van der Waals surface area (Å²) in [6, 6.07) is 2.73. The van der Waals surface area contributed by atoms with E-state index >= 15 is 0 Å². The van der Waals surface area contributed by atoms with Crippen molar-refractivity contribution in [1.82, 2.24) is 9.88 Å². The molecule has 6 nitrogen and oxygen atoms in total. The average Bonchev–Trinajstić information content (AvgIpc) is 2.93. The van der Waals surface area contributed by atoms with Crippen LogP contribution in [-0.2, 0) is 6.54 Å². The molecule has 0 spiro atoms. The molecule has 1 aromatic rings. The van der Waals surface area contributed by atoms with Crippen molar-refractivity contribution < 1.29 is 4.92 Å². The minimum atomic E-state index is -0.832. The zero-order chi connectivity index (χ0) is 15.9. The zero-order valence-electron chi connectivity index (χ0n) is 11.8. The molecule has 0 radical (unpaired) electrons. The van der Waals surface area contributed by atoms with Crippen LogP contribution < -0.4 is 0 Å². The number of nitro groups is 1. The summed E-state index contributed by atoms with van der Waals surface area (Å²) in [5.74, 6) is 3.77. The highest BCUT2D eigenvalue weighted by Crippen LogP contribution is 2.16. The quantitative estimate of drug-likeness (QED) is 0.250. The zero-order valence-corrected chi connectivity index (χ0v) is 13.4. The van der Waals surface area contributed by atoms with Crippen LogP contribution in [0.2, 0.25) is 5.15 Å². The van der Waals surface area contributed by atoms with Gasteiger partial charge in [-0.05, 0) is 11.6 Å². The minimum Gasteiger partial charge on any atom is -0.348 e. The summed E-state index contributed by atoms with van der Waals surface area (Å²) in [7, 11) is 0. The van der Waals surface area contributed by atoms with Gasteiger partial charge in [-0.1, -0.05) is 23.6 Å². The fourth-order valence-corrected chi connectivity index (χ4v) is 3.00. The second kappa shape index (κ2) is 8.01. The summed E-state index contributed by atoms with van der Waals surface area (Å²) in [6.07, 6.45) is 6.86. The van der Waals surface area contributed by atoms with E-state index < -0.39 is 6.04 Å². The highest BCUT2D eigenvalue weighted by atomic mass is 35.5. The van der Waals surface area contributed by atoms with Gasteiger partial charge in [0.15, 0.2) is 5.84 Å². The first-order chi connectivity index (χ1) is 10.6. The molecule has 0 amide bonds. The molecule has 0 aliphatic carbocycles. The molecule has 22 heavy (non-hydrogen) atoms. The lowest BCUT2D eigenvalue weighted by atomic mass is 10.2. The summed E-state index contributed by atoms with van der Waals surface area (Å²) in [5.41, 5.74) is 0.942. The number of nitrogens with zero attached hydrogens (tertiary/aromatic N) is 4. The summed E-state index contributed by atoms with van der Waals surface area (Å²) in [4.78, 5) is 21.3. The van der Waals surface area contributed by atoms with Crippen LogP contribution in [0.3, 0.4) is 0 Å². The Morgan fingerprint density at radius 3 is 3.05 bits per heavy atom. The molecule has 116 valence electrons. The predicted molar refractivity (Wildman–Crippen MR) is 88.9 cm³/mol. The highest BCUT2D eigenvalue weighted by molar-refractivity contribution is 7.99. The van der Waals surface area contributed by atoms with E-state index in [1.807, 2.05) is 11.0 Å². The van der Waals surface area contributed by atoms with Crippen molar-refractivity contribution in [2.24, 2.45) is 4.99 Å². The molecule has 0 saturated heterocycles. The SMILES string of the molecule is C#CCSCC(C1=NCCN1Cc1ccc(Cl)nc1)[N+](=O)[O-]. The second-order valence-electron chi connectivity index (χ2n) is 4.67. The maximum absolute atomic E-state index is 11.3. The van der Waals surface area contributed by atoms with Gasteiger partial charge in [0.2, 0.25) is 0 Å². The topological polar surface area (TPSA) is 71.6 Å². The molecule has 1 atom stereocenters. The molecule has 0 N–H and O–H groups in total. The summed E-state index contributed by atoms with van der Waals surface area (Å²) < 4.78 is 0. The lowest BCUT2D eigenvalue weighted by molar-refractivity contribution is -0.498. The van der Waals surface area contributed by atoms with Gasteiger partial charge >= 0.3 is 0 Å². The van der Waals surface area contributed by atoms with Gasteiger partial charge in [0, 0.05) is 24.2 Å². The number of terminal acetylenes is 1. The van der Waals surface area contributed by atoms with Gasteiger partial charge in [0.25, 0.3) is 6.04 Å². The van der Waals surface area contributed by atoms with E-state index in [9.17, 15) is 10.1 Å². The third kappa shape index (κ3) is 4.36. The Morgan fingerprint density at radius 1 is 1.59 bits per heavy atom. The van der Waals surface area contributed by atoms with Crippen molar-refractivity contribution in [2.45, 2.75) is 12.6 Å². The van der Waals surface area contributed by atoms with Crippen LogP contribution in [0.1, 0.15) is 5.56 Å². The van der Waals surface area contributed by atoms with Gasteiger partial charge < -0.3 is 4.90 Å². The smallest absolute Gasteiger partial charge is 0.278 e. The first-order valence-corrected chi connectivity index (χ1v) is 8.19. The van der Waals surface area contributed by atoms with Gasteiger partial charge in [-0.15, -0.1) is 18.2 Å².